The van der Waals surface area contributed by atoms with Crippen molar-refractivity contribution in [2.45, 2.75) is 44.9 Å². The Morgan fingerprint density at radius 1 is 1.00 bits per heavy atom. The standard InChI is InChI=1S/C16H22N2O2/c19-15(11-10-13-6-2-1-3-7-13)17-18-16(20)12-14-8-4-5-9-14/h1-3,6-7,14H,4-5,8-12H2,(H,17,19)(H,18,20). The molecular weight excluding hydrogens is 252 g/mol. The summed E-state index contributed by atoms with van der Waals surface area (Å²) < 4.78 is 0. The maximum atomic E-state index is 11.7. The number of rotatable bonds is 5. The molecule has 0 aliphatic heterocycles. The minimum absolute atomic E-state index is 0.0787. The molecule has 0 bridgehead atoms. The molecule has 1 fully saturated rings. The summed E-state index contributed by atoms with van der Waals surface area (Å²) in [6.45, 7) is 0. The fourth-order valence-electron chi connectivity index (χ4n) is 2.63. The van der Waals surface area contributed by atoms with Gasteiger partial charge in [-0.1, -0.05) is 43.2 Å². The second kappa shape index (κ2) is 7.68. The van der Waals surface area contributed by atoms with Gasteiger partial charge in [0.2, 0.25) is 11.8 Å². The molecule has 1 aliphatic rings. The van der Waals surface area contributed by atoms with Crippen LogP contribution >= 0.6 is 0 Å². The van der Waals surface area contributed by atoms with E-state index in [0.717, 1.165) is 18.4 Å². The van der Waals surface area contributed by atoms with Crippen LogP contribution < -0.4 is 10.9 Å². The number of carbonyl (C=O) groups is 2. The van der Waals surface area contributed by atoms with Crippen molar-refractivity contribution >= 4 is 11.8 Å². The van der Waals surface area contributed by atoms with E-state index in [0.29, 0.717) is 25.2 Å². The number of hydrogen-bond acceptors (Lipinski definition) is 2. The Kier molecular flexibility index (Phi) is 5.59. The van der Waals surface area contributed by atoms with Gasteiger partial charge in [0, 0.05) is 12.8 Å². The lowest BCUT2D eigenvalue weighted by Crippen LogP contribution is -2.42. The number of hydrogen-bond donors (Lipinski definition) is 2. The van der Waals surface area contributed by atoms with Gasteiger partial charge in [0.05, 0.1) is 0 Å². The summed E-state index contributed by atoms with van der Waals surface area (Å²) in [6, 6.07) is 9.85. The topological polar surface area (TPSA) is 58.2 Å². The zero-order chi connectivity index (χ0) is 14.2. The summed E-state index contributed by atoms with van der Waals surface area (Å²) in [5, 5.41) is 0. The summed E-state index contributed by atoms with van der Waals surface area (Å²) in [6.07, 6.45) is 6.31. The molecule has 2 N–H and O–H groups in total. The van der Waals surface area contributed by atoms with Crippen LogP contribution in [-0.4, -0.2) is 11.8 Å². The summed E-state index contributed by atoms with van der Waals surface area (Å²) in [5.41, 5.74) is 6.12. The highest BCUT2D eigenvalue weighted by Crippen LogP contribution is 2.27. The highest BCUT2D eigenvalue weighted by atomic mass is 16.2. The summed E-state index contributed by atoms with van der Waals surface area (Å²) in [4.78, 5) is 23.3. The zero-order valence-electron chi connectivity index (χ0n) is 11.7. The average Bonchev–Trinajstić information content (AvgIpc) is 2.97. The fraction of sp³-hybridized carbons (Fsp3) is 0.500. The molecular formula is C16H22N2O2. The van der Waals surface area contributed by atoms with Crippen molar-refractivity contribution in [2.75, 3.05) is 0 Å². The maximum absolute atomic E-state index is 11.7. The van der Waals surface area contributed by atoms with E-state index in [-0.39, 0.29) is 11.8 Å². The van der Waals surface area contributed by atoms with E-state index in [4.69, 9.17) is 0 Å². The van der Waals surface area contributed by atoms with E-state index < -0.39 is 0 Å². The van der Waals surface area contributed by atoms with Crippen molar-refractivity contribution in [3.63, 3.8) is 0 Å². The van der Waals surface area contributed by atoms with E-state index >= 15 is 0 Å². The largest absolute Gasteiger partial charge is 0.273 e. The van der Waals surface area contributed by atoms with Gasteiger partial charge in [0.1, 0.15) is 0 Å². The van der Waals surface area contributed by atoms with Crippen LogP contribution in [0.25, 0.3) is 0 Å². The van der Waals surface area contributed by atoms with E-state index in [1.54, 1.807) is 0 Å². The predicted molar refractivity (Wildman–Crippen MR) is 77.6 cm³/mol. The first-order chi connectivity index (χ1) is 9.74. The third-order valence-corrected chi connectivity index (χ3v) is 3.77. The molecule has 4 heteroatoms. The monoisotopic (exact) mass is 274 g/mol. The number of nitrogens with one attached hydrogen (secondary N) is 2. The van der Waals surface area contributed by atoms with Gasteiger partial charge in [-0.2, -0.15) is 0 Å². The first kappa shape index (κ1) is 14.6. The SMILES string of the molecule is O=C(CCc1ccccc1)NNC(=O)CC1CCCC1. The Hall–Kier alpha value is -1.84. The van der Waals surface area contributed by atoms with Gasteiger partial charge in [0.15, 0.2) is 0 Å². The molecule has 0 saturated heterocycles. The van der Waals surface area contributed by atoms with Crippen LogP contribution in [0.4, 0.5) is 0 Å². The van der Waals surface area contributed by atoms with E-state index in [1.807, 2.05) is 30.3 Å². The number of benzene rings is 1. The molecule has 4 nitrogen and oxygen atoms in total. The molecule has 2 rings (SSSR count). The molecule has 2 amide bonds. The van der Waals surface area contributed by atoms with Crippen LogP contribution in [0.3, 0.4) is 0 Å². The minimum Gasteiger partial charge on any atom is -0.273 e. The lowest BCUT2D eigenvalue weighted by molar-refractivity contribution is -0.129. The van der Waals surface area contributed by atoms with E-state index in [9.17, 15) is 9.59 Å². The molecule has 108 valence electrons. The normalized spacial score (nSPS) is 15.0. The molecule has 1 aliphatic carbocycles. The highest BCUT2D eigenvalue weighted by Gasteiger charge is 2.18. The lowest BCUT2D eigenvalue weighted by Gasteiger charge is -2.10. The van der Waals surface area contributed by atoms with Gasteiger partial charge in [-0.15, -0.1) is 0 Å². The second-order valence-electron chi connectivity index (χ2n) is 5.44. The van der Waals surface area contributed by atoms with Gasteiger partial charge >= 0.3 is 0 Å². The van der Waals surface area contributed by atoms with Crippen molar-refractivity contribution in [2.24, 2.45) is 5.92 Å². The Morgan fingerprint density at radius 3 is 2.35 bits per heavy atom. The first-order valence-electron chi connectivity index (χ1n) is 7.35. The van der Waals surface area contributed by atoms with Crippen LogP contribution in [-0.2, 0) is 16.0 Å². The van der Waals surface area contributed by atoms with Gasteiger partial charge < -0.3 is 0 Å². The van der Waals surface area contributed by atoms with Crippen LogP contribution in [0.15, 0.2) is 30.3 Å². The molecule has 1 aromatic rings. The second-order valence-corrected chi connectivity index (χ2v) is 5.44. The van der Waals surface area contributed by atoms with Gasteiger partial charge in [-0.3, -0.25) is 20.4 Å². The molecule has 1 saturated carbocycles. The zero-order valence-corrected chi connectivity index (χ0v) is 11.7. The molecule has 0 heterocycles. The Balaban J connectivity index is 1.61. The third kappa shape index (κ3) is 5.03. The molecule has 1 aromatic carbocycles. The number of hydrazine groups is 1. The number of amides is 2. The van der Waals surface area contributed by atoms with Crippen LogP contribution in [0.5, 0.6) is 0 Å². The lowest BCUT2D eigenvalue weighted by atomic mass is 10.0. The Labute approximate surface area is 119 Å². The first-order valence-corrected chi connectivity index (χ1v) is 7.35. The van der Waals surface area contributed by atoms with Crippen LogP contribution in [0, 0.1) is 5.92 Å². The maximum Gasteiger partial charge on any atom is 0.238 e. The van der Waals surface area contributed by atoms with Crippen molar-refractivity contribution in [3.05, 3.63) is 35.9 Å². The van der Waals surface area contributed by atoms with Gasteiger partial charge in [-0.25, -0.2) is 0 Å². The van der Waals surface area contributed by atoms with E-state index in [2.05, 4.69) is 10.9 Å². The number of aryl methyl sites for hydroxylation is 1. The van der Waals surface area contributed by atoms with Crippen molar-refractivity contribution in [3.8, 4) is 0 Å². The molecule has 0 aromatic heterocycles. The third-order valence-electron chi connectivity index (χ3n) is 3.77. The average molecular weight is 274 g/mol. The Morgan fingerprint density at radius 2 is 1.65 bits per heavy atom. The van der Waals surface area contributed by atoms with Gasteiger partial charge in [-0.05, 0) is 30.7 Å². The smallest absolute Gasteiger partial charge is 0.238 e. The minimum atomic E-state index is -0.145. The molecule has 20 heavy (non-hydrogen) atoms. The Bertz CT molecular complexity index is 439. The molecule has 0 unspecified atom stereocenters. The van der Waals surface area contributed by atoms with Crippen molar-refractivity contribution in [1.29, 1.82) is 0 Å². The fourth-order valence-corrected chi connectivity index (χ4v) is 2.63. The molecule has 0 spiro atoms. The quantitative estimate of drug-likeness (QED) is 0.810. The van der Waals surface area contributed by atoms with E-state index in [1.165, 1.54) is 12.8 Å². The molecule has 0 atom stereocenters. The van der Waals surface area contributed by atoms with Crippen molar-refractivity contribution < 1.29 is 9.59 Å². The van der Waals surface area contributed by atoms with Crippen LogP contribution in [0.1, 0.15) is 44.1 Å². The predicted octanol–water partition coefficient (Wildman–Crippen LogP) is 2.35. The summed E-state index contributed by atoms with van der Waals surface area (Å²) >= 11 is 0. The van der Waals surface area contributed by atoms with Crippen LogP contribution in [0.2, 0.25) is 0 Å². The highest BCUT2D eigenvalue weighted by molar-refractivity contribution is 5.82. The summed E-state index contributed by atoms with van der Waals surface area (Å²) in [7, 11) is 0. The van der Waals surface area contributed by atoms with Gasteiger partial charge in [0.25, 0.3) is 0 Å². The number of carbonyl (C=O) groups excluding carboxylic acids is 2. The van der Waals surface area contributed by atoms with Crippen molar-refractivity contribution in [1.82, 2.24) is 10.9 Å². The molecule has 0 radical (unpaired) electrons. The summed E-state index contributed by atoms with van der Waals surface area (Å²) in [5.74, 6) is 0.273.